The SMILES string of the molecule is CN1CCC[C@@](O)(CN(C)c2ccccc2)C1. The summed E-state index contributed by atoms with van der Waals surface area (Å²) in [6, 6.07) is 10.2. The molecule has 0 spiro atoms. The molecule has 0 bridgehead atoms. The van der Waals surface area contributed by atoms with Gasteiger partial charge in [0.05, 0.1) is 5.60 Å². The van der Waals surface area contributed by atoms with Crippen molar-refractivity contribution in [2.24, 2.45) is 0 Å². The molecule has 0 saturated carbocycles. The first-order valence-electron chi connectivity index (χ1n) is 6.26. The average Bonchev–Trinajstić information content (AvgIpc) is 2.29. The number of nitrogens with zero attached hydrogens (tertiary/aromatic N) is 2. The van der Waals surface area contributed by atoms with E-state index in [1.165, 1.54) is 0 Å². The van der Waals surface area contributed by atoms with E-state index in [2.05, 4.69) is 29.0 Å². The van der Waals surface area contributed by atoms with Crippen molar-refractivity contribution in [2.45, 2.75) is 18.4 Å². The summed E-state index contributed by atoms with van der Waals surface area (Å²) < 4.78 is 0. The molecule has 3 nitrogen and oxygen atoms in total. The predicted molar refractivity (Wildman–Crippen MR) is 71.4 cm³/mol. The molecular formula is C14H22N2O. The van der Waals surface area contributed by atoms with Gasteiger partial charge in [0, 0.05) is 25.8 Å². The van der Waals surface area contributed by atoms with Crippen molar-refractivity contribution in [3.63, 3.8) is 0 Å². The van der Waals surface area contributed by atoms with E-state index in [9.17, 15) is 5.11 Å². The largest absolute Gasteiger partial charge is 0.387 e. The lowest BCUT2D eigenvalue weighted by Gasteiger charge is -2.40. The molecule has 1 saturated heterocycles. The highest BCUT2D eigenvalue weighted by molar-refractivity contribution is 5.45. The molecule has 1 atom stereocenters. The van der Waals surface area contributed by atoms with E-state index in [4.69, 9.17) is 0 Å². The van der Waals surface area contributed by atoms with Crippen LogP contribution in [0.15, 0.2) is 30.3 Å². The fraction of sp³-hybridized carbons (Fsp3) is 0.571. The average molecular weight is 234 g/mol. The van der Waals surface area contributed by atoms with Crippen molar-refractivity contribution in [1.82, 2.24) is 4.90 Å². The lowest BCUT2D eigenvalue weighted by atomic mass is 9.92. The first kappa shape index (κ1) is 12.4. The molecule has 1 fully saturated rings. The monoisotopic (exact) mass is 234 g/mol. The van der Waals surface area contributed by atoms with Gasteiger partial charge in [0.1, 0.15) is 0 Å². The minimum absolute atomic E-state index is 0.572. The Morgan fingerprint density at radius 3 is 2.71 bits per heavy atom. The summed E-state index contributed by atoms with van der Waals surface area (Å²) in [6.07, 6.45) is 1.98. The van der Waals surface area contributed by atoms with E-state index < -0.39 is 5.60 Å². The molecule has 1 heterocycles. The van der Waals surface area contributed by atoms with Gasteiger partial charge in [0.15, 0.2) is 0 Å². The number of anilines is 1. The maximum Gasteiger partial charge on any atom is 0.0948 e. The number of hydrogen-bond donors (Lipinski definition) is 1. The van der Waals surface area contributed by atoms with Crippen molar-refractivity contribution in [3.05, 3.63) is 30.3 Å². The van der Waals surface area contributed by atoms with Crippen molar-refractivity contribution in [3.8, 4) is 0 Å². The van der Waals surface area contributed by atoms with Gasteiger partial charge in [-0.05, 0) is 38.6 Å². The van der Waals surface area contributed by atoms with Crippen LogP contribution in [0.3, 0.4) is 0 Å². The fourth-order valence-electron chi connectivity index (χ4n) is 2.68. The maximum absolute atomic E-state index is 10.6. The van der Waals surface area contributed by atoms with Gasteiger partial charge in [0.2, 0.25) is 0 Å². The van der Waals surface area contributed by atoms with E-state index in [-0.39, 0.29) is 0 Å². The number of para-hydroxylation sites is 1. The number of β-amino-alcohol motifs (C(OH)–C–C–N with tert-alkyl or cyclic N) is 1. The molecule has 0 aromatic heterocycles. The van der Waals surface area contributed by atoms with Crippen molar-refractivity contribution < 1.29 is 5.11 Å². The summed E-state index contributed by atoms with van der Waals surface area (Å²) in [5.74, 6) is 0. The second-order valence-electron chi connectivity index (χ2n) is 5.26. The van der Waals surface area contributed by atoms with Gasteiger partial charge in [-0.15, -0.1) is 0 Å². The molecule has 3 heteroatoms. The Balaban J connectivity index is 2.00. The first-order valence-corrected chi connectivity index (χ1v) is 6.26. The molecule has 0 unspecified atom stereocenters. The highest BCUT2D eigenvalue weighted by Gasteiger charge is 2.32. The second kappa shape index (κ2) is 5.07. The molecule has 1 aliphatic rings. The summed E-state index contributed by atoms with van der Waals surface area (Å²) in [4.78, 5) is 4.35. The van der Waals surface area contributed by atoms with Crippen LogP contribution in [-0.2, 0) is 0 Å². The third kappa shape index (κ3) is 3.20. The minimum Gasteiger partial charge on any atom is -0.387 e. The second-order valence-corrected chi connectivity index (χ2v) is 5.26. The number of likely N-dealkylation sites (tertiary alicyclic amines) is 1. The number of likely N-dealkylation sites (N-methyl/N-ethyl adjacent to an activating group) is 2. The molecule has 1 N–H and O–H groups in total. The van der Waals surface area contributed by atoms with Crippen molar-refractivity contribution in [1.29, 1.82) is 0 Å². The number of aliphatic hydroxyl groups is 1. The van der Waals surface area contributed by atoms with E-state index >= 15 is 0 Å². The Labute approximate surface area is 104 Å². The quantitative estimate of drug-likeness (QED) is 0.860. The molecule has 0 aliphatic carbocycles. The Bertz CT molecular complexity index is 354. The van der Waals surface area contributed by atoms with Crippen LogP contribution in [0, 0.1) is 0 Å². The highest BCUT2D eigenvalue weighted by atomic mass is 16.3. The van der Waals surface area contributed by atoms with Gasteiger partial charge in [-0.25, -0.2) is 0 Å². The van der Waals surface area contributed by atoms with Crippen LogP contribution in [0.5, 0.6) is 0 Å². The van der Waals surface area contributed by atoms with E-state index in [1.54, 1.807) is 0 Å². The van der Waals surface area contributed by atoms with Gasteiger partial charge < -0.3 is 14.9 Å². The number of piperidine rings is 1. The number of rotatable bonds is 3. The molecule has 1 aromatic carbocycles. The Kier molecular flexibility index (Phi) is 3.69. The number of benzene rings is 1. The zero-order chi connectivity index (χ0) is 12.3. The van der Waals surface area contributed by atoms with Crippen LogP contribution < -0.4 is 4.90 Å². The lowest BCUT2D eigenvalue weighted by molar-refractivity contribution is -0.0157. The summed E-state index contributed by atoms with van der Waals surface area (Å²) in [7, 11) is 4.12. The maximum atomic E-state index is 10.6. The van der Waals surface area contributed by atoms with Gasteiger partial charge in [0.25, 0.3) is 0 Å². The van der Waals surface area contributed by atoms with Crippen molar-refractivity contribution >= 4 is 5.69 Å². The van der Waals surface area contributed by atoms with E-state index in [0.717, 1.165) is 31.6 Å². The molecule has 2 rings (SSSR count). The zero-order valence-corrected chi connectivity index (χ0v) is 10.8. The predicted octanol–water partition coefficient (Wildman–Crippen LogP) is 1.58. The van der Waals surface area contributed by atoms with Gasteiger partial charge in [-0.1, -0.05) is 18.2 Å². The van der Waals surface area contributed by atoms with Crippen LogP contribution in [-0.4, -0.2) is 49.3 Å². The molecule has 1 aromatic rings. The molecule has 0 amide bonds. The van der Waals surface area contributed by atoms with Gasteiger partial charge in [-0.2, -0.15) is 0 Å². The van der Waals surface area contributed by atoms with Crippen LogP contribution >= 0.6 is 0 Å². The third-order valence-electron chi connectivity index (χ3n) is 3.47. The van der Waals surface area contributed by atoms with E-state index in [1.807, 2.05) is 25.2 Å². The smallest absolute Gasteiger partial charge is 0.0948 e. The van der Waals surface area contributed by atoms with Crippen LogP contribution in [0.25, 0.3) is 0 Å². The minimum atomic E-state index is -0.572. The Hall–Kier alpha value is -1.06. The Morgan fingerprint density at radius 1 is 1.35 bits per heavy atom. The molecular weight excluding hydrogens is 212 g/mol. The lowest BCUT2D eigenvalue weighted by Crippen LogP contribution is -2.52. The normalized spacial score (nSPS) is 25.8. The molecule has 0 radical (unpaired) electrons. The summed E-state index contributed by atoms with van der Waals surface area (Å²) in [5.41, 5.74) is 0.589. The standard InChI is InChI=1S/C14H22N2O/c1-15-10-6-9-14(17,11-15)12-16(2)13-7-4-3-5-8-13/h3-5,7-8,17H,6,9-12H2,1-2H3/t14-/m0/s1. The van der Waals surface area contributed by atoms with Crippen LogP contribution in [0.2, 0.25) is 0 Å². The van der Waals surface area contributed by atoms with Gasteiger partial charge >= 0.3 is 0 Å². The summed E-state index contributed by atoms with van der Waals surface area (Å²) in [6.45, 7) is 2.56. The molecule has 17 heavy (non-hydrogen) atoms. The zero-order valence-electron chi connectivity index (χ0n) is 10.8. The van der Waals surface area contributed by atoms with Crippen molar-refractivity contribution in [2.75, 3.05) is 38.6 Å². The highest BCUT2D eigenvalue weighted by Crippen LogP contribution is 2.23. The summed E-state index contributed by atoms with van der Waals surface area (Å²) >= 11 is 0. The third-order valence-corrected chi connectivity index (χ3v) is 3.47. The Morgan fingerprint density at radius 2 is 2.06 bits per heavy atom. The molecule has 94 valence electrons. The van der Waals surface area contributed by atoms with E-state index in [0.29, 0.717) is 6.54 Å². The number of hydrogen-bond acceptors (Lipinski definition) is 3. The first-order chi connectivity index (χ1) is 8.09. The summed E-state index contributed by atoms with van der Waals surface area (Å²) in [5, 5.41) is 10.6. The van der Waals surface area contributed by atoms with Gasteiger partial charge in [-0.3, -0.25) is 0 Å². The van der Waals surface area contributed by atoms with Crippen LogP contribution in [0.1, 0.15) is 12.8 Å². The fourth-order valence-corrected chi connectivity index (χ4v) is 2.68. The van der Waals surface area contributed by atoms with Crippen LogP contribution in [0.4, 0.5) is 5.69 Å². The molecule has 1 aliphatic heterocycles. The topological polar surface area (TPSA) is 26.7 Å².